The molecule has 0 aromatic carbocycles. The van der Waals surface area contributed by atoms with E-state index in [0.29, 0.717) is 0 Å². The summed E-state index contributed by atoms with van der Waals surface area (Å²) in [5.74, 6) is -1.48. The zero-order valence-corrected chi connectivity index (χ0v) is 8.78. The first-order valence-corrected chi connectivity index (χ1v) is 5.06. The highest BCUT2D eigenvalue weighted by atomic mass is 19.0. The lowest BCUT2D eigenvalue weighted by atomic mass is 10.1. The Hall–Kier alpha value is -1.13. The molecule has 0 aliphatic rings. The molecule has 15 heavy (non-hydrogen) atoms. The Morgan fingerprint density at radius 3 is 1.20 bits per heavy atom. The Balaban J connectivity index is 0. The highest BCUT2D eigenvalue weighted by molar-refractivity contribution is 5.66. The normalized spacial score (nSPS) is 9.33. The fourth-order valence-electron chi connectivity index (χ4n) is 1.26. The molecular formula is C10H19FO4. The first kappa shape index (κ1) is 16.3. The van der Waals surface area contributed by atoms with E-state index in [2.05, 4.69) is 0 Å². The number of carbonyl (C=O) groups is 2. The highest BCUT2D eigenvalue weighted by Gasteiger charge is 1.98. The van der Waals surface area contributed by atoms with Gasteiger partial charge in [0.05, 0.1) is 0 Å². The zero-order valence-electron chi connectivity index (χ0n) is 8.78. The molecule has 0 amide bonds. The van der Waals surface area contributed by atoms with Crippen molar-refractivity contribution in [3.8, 4) is 0 Å². The zero-order chi connectivity index (χ0) is 10.8. The van der Waals surface area contributed by atoms with Gasteiger partial charge in [0.1, 0.15) is 0 Å². The lowest BCUT2D eigenvalue weighted by molar-refractivity contribution is -0.138. The first-order valence-electron chi connectivity index (χ1n) is 5.06. The SMILES string of the molecule is F.O=C(O)CCCCCCCCC(=O)O. The minimum atomic E-state index is -0.740. The average molecular weight is 222 g/mol. The number of carboxylic acid groups (broad SMARTS) is 2. The minimum Gasteiger partial charge on any atom is -0.481 e. The Labute approximate surface area is 88.7 Å². The summed E-state index contributed by atoms with van der Waals surface area (Å²) in [6, 6.07) is 0. The van der Waals surface area contributed by atoms with Gasteiger partial charge in [0, 0.05) is 12.8 Å². The van der Waals surface area contributed by atoms with Crippen LogP contribution >= 0.6 is 0 Å². The van der Waals surface area contributed by atoms with Gasteiger partial charge in [0.15, 0.2) is 0 Å². The van der Waals surface area contributed by atoms with Gasteiger partial charge in [-0.2, -0.15) is 0 Å². The van der Waals surface area contributed by atoms with Crippen molar-refractivity contribution in [3.63, 3.8) is 0 Å². The summed E-state index contributed by atoms with van der Waals surface area (Å²) in [5, 5.41) is 16.7. The van der Waals surface area contributed by atoms with E-state index in [1.54, 1.807) is 0 Å². The van der Waals surface area contributed by atoms with Crippen LogP contribution in [0.2, 0.25) is 0 Å². The molecule has 5 heteroatoms. The van der Waals surface area contributed by atoms with E-state index in [9.17, 15) is 9.59 Å². The minimum absolute atomic E-state index is 0. The maximum absolute atomic E-state index is 10.1. The van der Waals surface area contributed by atoms with Crippen LogP contribution in [0.4, 0.5) is 4.70 Å². The monoisotopic (exact) mass is 222 g/mol. The molecule has 4 nitrogen and oxygen atoms in total. The summed E-state index contributed by atoms with van der Waals surface area (Å²) in [4.78, 5) is 20.3. The van der Waals surface area contributed by atoms with Crippen LogP contribution in [0, 0.1) is 0 Å². The van der Waals surface area contributed by atoms with E-state index >= 15 is 0 Å². The molecule has 0 saturated carbocycles. The molecule has 0 bridgehead atoms. The second kappa shape index (κ2) is 10.9. The van der Waals surface area contributed by atoms with Crippen molar-refractivity contribution in [1.82, 2.24) is 0 Å². The summed E-state index contributed by atoms with van der Waals surface area (Å²) in [6.07, 6.45) is 5.82. The van der Waals surface area contributed by atoms with Crippen molar-refractivity contribution in [2.45, 2.75) is 51.4 Å². The standard InChI is InChI=1S/C10H18O4.FH/c11-9(12)7-5-3-1-2-4-6-8-10(13)14;/h1-8H2,(H,11,12)(H,13,14);1H. The van der Waals surface area contributed by atoms with Gasteiger partial charge in [-0.3, -0.25) is 14.3 Å². The van der Waals surface area contributed by atoms with Gasteiger partial charge < -0.3 is 10.2 Å². The van der Waals surface area contributed by atoms with Crippen LogP contribution in [-0.4, -0.2) is 22.2 Å². The van der Waals surface area contributed by atoms with Crippen molar-refractivity contribution in [2.75, 3.05) is 0 Å². The Morgan fingerprint density at radius 2 is 0.933 bits per heavy atom. The molecule has 0 atom stereocenters. The number of hydrogen-bond acceptors (Lipinski definition) is 2. The summed E-state index contributed by atoms with van der Waals surface area (Å²) >= 11 is 0. The third-order valence-corrected chi connectivity index (χ3v) is 2.03. The number of carboxylic acids is 2. The molecule has 0 aliphatic carbocycles. The molecule has 0 unspecified atom stereocenters. The predicted molar refractivity (Wildman–Crippen MR) is 54.7 cm³/mol. The number of halogens is 1. The van der Waals surface area contributed by atoms with Gasteiger partial charge in [-0.25, -0.2) is 0 Å². The van der Waals surface area contributed by atoms with Crippen molar-refractivity contribution in [2.24, 2.45) is 0 Å². The second-order valence-electron chi connectivity index (χ2n) is 3.41. The van der Waals surface area contributed by atoms with Gasteiger partial charge in [-0.05, 0) is 12.8 Å². The Bertz CT molecular complexity index is 162. The van der Waals surface area contributed by atoms with Crippen LogP contribution in [0.5, 0.6) is 0 Å². The number of hydrogen-bond donors (Lipinski definition) is 2. The molecule has 0 aliphatic heterocycles. The summed E-state index contributed by atoms with van der Waals surface area (Å²) in [5.41, 5.74) is 0. The lowest BCUT2D eigenvalue weighted by Crippen LogP contribution is -1.94. The van der Waals surface area contributed by atoms with E-state index in [-0.39, 0.29) is 17.5 Å². The third kappa shape index (κ3) is 15.6. The fraction of sp³-hybridized carbons (Fsp3) is 0.800. The molecule has 0 aromatic heterocycles. The van der Waals surface area contributed by atoms with Gasteiger partial charge in [0.2, 0.25) is 0 Å². The molecule has 2 N–H and O–H groups in total. The first-order chi connectivity index (χ1) is 6.63. The van der Waals surface area contributed by atoms with E-state index in [0.717, 1.165) is 38.5 Å². The predicted octanol–water partition coefficient (Wildman–Crippen LogP) is 2.43. The van der Waals surface area contributed by atoms with Crippen LogP contribution in [0.25, 0.3) is 0 Å². The quantitative estimate of drug-likeness (QED) is 0.587. The van der Waals surface area contributed by atoms with Gasteiger partial charge in [-0.1, -0.05) is 25.7 Å². The molecule has 0 saturated heterocycles. The maximum atomic E-state index is 10.1. The van der Waals surface area contributed by atoms with Crippen molar-refractivity contribution in [1.29, 1.82) is 0 Å². The Morgan fingerprint density at radius 1 is 0.667 bits per heavy atom. The largest absolute Gasteiger partial charge is 0.481 e. The number of aliphatic carboxylic acids is 2. The number of unbranched alkanes of at least 4 members (excludes halogenated alkanes) is 5. The Kier molecular flexibility index (Phi) is 11.9. The van der Waals surface area contributed by atoms with E-state index < -0.39 is 11.9 Å². The molecule has 0 fully saturated rings. The van der Waals surface area contributed by atoms with Gasteiger partial charge in [0.25, 0.3) is 0 Å². The molecular weight excluding hydrogens is 203 g/mol. The van der Waals surface area contributed by atoms with E-state index in [1.807, 2.05) is 0 Å². The van der Waals surface area contributed by atoms with Crippen LogP contribution < -0.4 is 0 Å². The van der Waals surface area contributed by atoms with Crippen LogP contribution in [0.1, 0.15) is 51.4 Å². The van der Waals surface area contributed by atoms with Gasteiger partial charge in [-0.15, -0.1) is 0 Å². The molecule has 0 aromatic rings. The molecule has 0 heterocycles. The third-order valence-electron chi connectivity index (χ3n) is 2.03. The van der Waals surface area contributed by atoms with Crippen LogP contribution in [0.15, 0.2) is 0 Å². The van der Waals surface area contributed by atoms with Crippen LogP contribution in [0.3, 0.4) is 0 Å². The molecule has 90 valence electrons. The smallest absolute Gasteiger partial charge is 0.303 e. The average Bonchev–Trinajstić information content (AvgIpc) is 2.08. The fourth-order valence-corrected chi connectivity index (χ4v) is 1.26. The molecule has 0 spiro atoms. The van der Waals surface area contributed by atoms with Crippen molar-refractivity contribution >= 4 is 11.9 Å². The van der Waals surface area contributed by atoms with E-state index in [1.165, 1.54) is 0 Å². The second-order valence-corrected chi connectivity index (χ2v) is 3.41. The van der Waals surface area contributed by atoms with E-state index in [4.69, 9.17) is 10.2 Å². The maximum Gasteiger partial charge on any atom is 0.303 e. The molecule has 0 rings (SSSR count). The van der Waals surface area contributed by atoms with Crippen LogP contribution in [-0.2, 0) is 9.59 Å². The number of rotatable bonds is 9. The topological polar surface area (TPSA) is 74.6 Å². The van der Waals surface area contributed by atoms with Crippen molar-refractivity contribution < 1.29 is 24.5 Å². The highest BCUT2D eigenvalue weighted by Crippen LogP contribution is 2.08. The summed E-state index contributed by atoms with van der Waals surface area (Å²) < 4.78 is 0. The van der Waals surface area contributed by atoms with Crippen molar-refractivity contribution in [3.05, 3.63) is 0 Å². The van der Waals surface area contributed by atoms with Gasteiger partial charge >= 0.3 is 11.9 Å². The molecule has 0 radical (unpaired) electrons. The lowest BCUT2D eigenvalue weighted by Gasteiger charge is -1.98. The summed E-state index contributed by atoms with van der Waals surface area (Å²) in [6.45, 7) is 0. The summed E-state index contributed by atoms with van der Waals surface area (Å²) in [7, 11) is 0.